The van der Waals surface area contributed by atoms with Crippen LogP contribution in [-0.2, 0) is 6.54 Å². The first-order valence-electron chi connectivity index (χ1n) is 6.95. The molecular formula is C14H26IN3. The molecule has 0 amide bonds. The number of hydrogen-bond donors (Lipinski definition) is 1. The second kappa shape index (κ2) is 8.15. The van der Waals surface area contributed by atoms with E-state index in [1.165, 1.54) is 0 Å². The largest absolute Gasteiger partial charge is 0.307 e. The van der Waals surface area contributed by atoms with Gasteiger partial charge in [-0.15, -0.1) is 0 Å². The van der Waals surface area contributed by atoms with Crippen LogP contribution >= 0.6 is 22.6 Å². The molecule has 0 aliphatic heterocycles. The zero-order valence-electron chi connectivity index (χ0n) is 12.0. The van der Waals surface area contributed by atoms with Crippen LogP contribution in [-0.4, -0.2) is 20.2 Å². The molecule has 18 heavy (non-hydrogen) atoms. The molecule has 1 heterocycles. The molecule has 0 aliphatic carbocycles. The predicted octanol–water partition coefficient (Wildman–Crippen LogP) is 3.79. The first-order chi connectivity index (χ1) is 8.62. The third-order valence-corrected chi connectivity index (χ3v) is 4.45. The lowest BCUT2D eigenvalue weighted by Crippen LogP contribution is -2.34. The van der Waals surface area contributed by atoms with Gasteiger partial charge in [0.15, 0.2) is 0 Å². The Balaban J connectivity index is 2.53. The van der Waals surface area contributed by atoms with Crippen molar-refractivity contribution in [2.45, 2.75) is 59.2 Å². The zero-order chi connectivity index (χ0) is 13.5. The number of aromatic nitrogens is 2. The van der Waals surface area contributed by atoms with E-state index in [4.69, 9.17) is 0 Å². The number of hydrogen-bond acceptors (Lipinski definition) is 2. The number of halogens is 1. The summed E-state index contributed by atoms with van der Waals surface area (Å²) in [7, 11) is 0. The van der Waals surface area contributed by atoms with Crippen LogP contribution in [0, 0.1) is 5.92 Å². The van der Waals surface area contributed by atoms with E-state index >= 15 is 0 Å². The standard InChI is InChI=1S/C14H26IN3/c1-5-13(6-2)18-8-7-12(17-18)10-16-14(9-15)11(3)4/h7-8,11,13-14,16H,5-6,9-10H2,1-4H3. The molecule has 0 aromatic carbocycles. The van der Waals surface area contributed by atoms with Crippen LogP contribution in [0.25, 0.3) is 0 Å². The van der Waals surface area contributed by atoms with E-state index in [9.17, 15) is 0 Å². The zero-order valence-corrected chi connectivity index (χ0v) is 14.1. The molecule has 1 unspecified atom stereocenters. The van der Waals surface area contributed by atoms with Gasteiger partial charge in [-0.3, -0.25) is 4.68 Å². The van der Waals surface area contributed by atoms with E-state index in [2.05, 4.69) is 77.6 Å². The predicted molar refractivity (Wildman–Crippen MR) is 86.2 cm³/mol. The Bertz CT molecular complexity index is 332. The Morgan fingerprint density at radius 1 is 1.33 bits per heavy atom. The first kappa shape index (κ1) is 16.0. The van der Waals surface area contributed by atoms with Crippen molar-refractivity contribution in [3.63, 3.8) is 0 Å². The summed E-state index contributed by atoms with van der Waals surface area (Å²) in [5.74, 6) is 0.669. The van der Waals surface area contributed by atoms with E-state index in [1.807, 2.05) is 0 Å². The summed E-state index contributed by atoms with van der Waals surface area (Å²) in [5, 5.41) is 8.26. The fourth-order valence-corrected chi connectivity index (χ4v) is 3.37. The quantitative estimate of drug-likeness (QED) is 0.563. The average Bonchev–Trinajstić information content (AvgIpc) is 2.80. The lowest BCUT2D eigenvalue weighted by molar-refractivity contribution is 0.412. The SMILES string of the molecule is CCC(CC)n1ccc(CNC(CI)C(C)C)n1. The number of nitrogens with one attached hydrogen (secondary N) is 1. The summed E-state index contributed by atoms with van der Waals surface area (Å²) in [5.41, 5.74) is 1.15. The third-order valence-electron chi connectivity index (χ3n) is 3.50. The van der Waals surface area contributed by atoms with Gasteiger partial charge in [0.05, 0.1) is 11.7 Å². The maximum Gasteiger partial charge on any atom is 0.0762 e. The van der Waals surface area contributed by atoms with Crippen molar-refractivity contribution in [3.8, 4) is 0 Å². The van der Waals surface area contributed by atoms with Crippen LogP contribution < -0.4 is 5.32 Å². The molecule has 0 aliphatic rings. The van der Waals surface area contributed by atoms with Crippen molar-refractivity contribution in [1.82, 2.24) is 15.1 Å². The van der Waals surface area contributed by atoms with Gasteiger partial charge in [-0.25, -0.2) is 0 Å². The van der Waals surface area contributed by atoms with Crippen LogP contribution in [0.1, 0.15) is 52.3 Å². The molecule has 3 nitrogen and oxygen atoms in total. The topological polar surface area (TPSA) is 29.9 Å². The lowest BCUT2D eigenvalue weighted by atomic mass is 10.1. The van der Waals surface area contributed by atoms with Crippen LogP contribution in [0.3, 0.4) is 0 Å². The van der Waals surface area contributed by atoms with E-state index in [0.29, 0.717) is 18.0 Å². The molecule has 0 saturated carbocycles. The minimum absolute atomic E-state index is 0.546. The highest BCUT2D eigenvalue weighted by Crippen LogP contribution is 2.14. The summed E-state index contributed by atoms with van der Waals surface area (Å²) >= 11 is 2.45. The van der Waals surface area contributed by atoms with Gasteiger partial charge in [-0.05, 0) is 24.8 Å². The minimum Gasteiger partial charge on any atom is -0.307 e. The smallest absolute Gasteiger partial charge is 0.0762 e. The summed E-state index contributed by atoms with van der Waals surface area (Å²) < 4.78 is 3.26. The van der Waals surface area contributed by atoms with E-state index < -0.39 is 0 Å². The van der Waals surface area contributed by atoms with Gasteiger partial charge in [0.2, 0.25) is 0 Å². The summed E-state index contributed by atoms with van der Waals surface area (Å²) in [4.78, 5) is 0. The summed E-state index contributed by atoms with van der Waals surface area (Å²) in [6.07, 6.45) is 4.41. The van der Waals surface area contributed by atoms with E-state index in [-0.39, 0.29) is 0 Å². The molecule has 0 saturated heterocycles. The van der Waals surface area contributed by atoms with Gasteiger partial charge in [0, 0.05) is 23.2 Å². The Hall–Kier alpha value is -0.100. The fraction of sp³-hybridized carbons (Fsp3) is 0.786. The number of alkyl halides is 1. The van der Waals surface area contributed by atoms with E-state index in [0.717, 1.165) is 29.5 Å². The van der Waals surface area contributed by atoms with Crippen molar-refractivity contribution < 1.29 is 0 Å². The second-order valence-electron chi connectivity index (χ2n) is 5.14. The fourth-order valence-electron chi connectivity index (χ4n) is 2.04. The van der Waals surface area contributed by atoms with Crippen molar-refractivity contribution in [1.29, 1.82) is 0 Å². The lowest BCUT2D eigenvalue weighted by Gasteiger charge is -2.19. The van der Waals surface area contributed by atoms with Crippen LogP contribution in [0.2, 0.25) is 0 Å². The molecule has 1 aromatic heterocycles. The maximum atomic E-state index is 4.67. The van der Waals surface area contributed by atoms with Gasteiger partial charge in [0.1, 0.15) is 0 Å². The maximum absolute atomic E-state index is 4.67. The van der Waals surface area contributed by atoms with Gasteiger partial charge >= 0.3 is 0 Å². The minimum atomic E-state index is 0.546. The van der Waals surface area contributed by atoms with Gasteiger partial charge in [0.25, 0.3) is 0 Å². The average molecular weight is 363 g/mol. The van der Waals surface area contributed by atoms with E-state index in [1.54, 1.807) is 0 Å². The molecule has 1 atom stereocenters. The molecular weight excluding hydrogens is 337 g/mol. The summed E-state index contributed by atoms with van der Waals surface area (Å²) in [6.45, 7) is 9.84. The van der Waals surface area contributed by atoms with Crippen molar-refractivity contribution in [2.24, 2.45) is 5.92 Å². The van der Waals surface area contributed by atoms with Crippen molar-refractivity contribution in [3.05, 3.63) is 18.0 Å². The molecule has 1 rings (SSSR count). The Kier molecular flexibility index (Phi) is 7.22. The van der Waals surface area contributed by atoms with Crippen molar-refractivity contribution in [2.75, 3.05) is 4.43 Å². The molecule has 1 aromatic rings. The van der Waals surface area contributed by atoms with Crippen LogP contribution in [0.4, 0.5) is 0 Å². The highest BCUT2D eigenvalue weighted by atomic mass is 127. The van der Waals surface area contributed by atoms with Crippen LogP contribution in [0.15, 0.2) is 12.3 Å². The summed E-state index contributed by atoms with van der Waals surface area (Å²) in [6, 6.07) is 3.25. The molecule has 1 N–H and O–H groups in total. The number of nitrogens with zero attached hydrogens (tertiary/aromatic N) is 2. The molecule has 0 fully saturated rings. The molecule has 0 bridgehead atoms. The highest BCUT2D eigenvalue weighted by Gasteiger charge is 2.12. The van der Waals surface area contributed by atoms with Gasteiger partial charge in [-0.1, -0.05) is 50.3 Å². The monoisotopic (exact) mass is 363 g/mol. The normalized spacial score (nSPS) is 13.5. The second-order valence-corrected chi connectivity index (χ2v) is 6.02. The molecule has 0 radical (unpaired) electrons. The van der Waals surface area contributed by atoms with Crippen LogP contribution in [0.5, 0.6) is 0 Å². The first-order valence-corrected chi connectivity index (χ1v) is 8.48. The molecule has 4 heteroatoms. The number of rotatable bonds is 8. The van der Waals surface area contributed by atoms with Gasteiger partial charge in [-0.2, -0.15) is 5.10 Å². The highest BCUT2D eigenvalue weighted by molar-refractivity contribution is 14.1. The Morgan fingerprint density at radius 3 is 2.50 bits per heavy atom. The Labute approximate surface area is 125 Å². The van der Waals surface area contributed by atoms with Gasteiger partial charge < -0.3 is 5.32 Å². The van der Waals surface area contributed by atoms with Crippen molar-refractivity contribution >= 4 is 22.6 Å². The molecule has 0 spiro atoms. The molecule has 104 valence electrons. The Morgan fingerprint density at radius 2 is 2.00 bits per heavy atom. The third kappa shape index (κ3) is 4.53.